The van der Waals surface area contributed by atoms with Crippen molar-refractivity contribution < 1.29 is 42.7 Å². The molecule has 0 radical (unpaired) electrons. The van der Waals surface area contributed by atoms with E-state index >= 15 is 0 Å². The van der Waals surface area contributed by atoms with Crippen molar-refractivity contribution in [2.75, 3.05) is 26.4 Å². The molecule has 0 heterocycles. The van der Waals surface area contributed by atoms with E-state index in [9.17, 15) is 19.0 Å². The average Bonchev–Trinajstić information content (AvgIpc) is 2.97. The second-order valence-corrected chi connectivity index (χ2v) is 11.7. The van der Waals surface area contributed by atoms with Gasteiger partial charge in [0.2, 0.25) is 0 Å². The van der Waals surface area contributed by atoms with Crippen molar-refractivity contribution in [3.63, 3.8) is 0 Å². The number of ether oxygens (including phenoxy) is 2. The molecule has 0 aliphatic rings. The van der Waals surface area contributed by atoms with Gasteiger partial charge in [-0.3, -0.25) is 18.6 Å². The number of nitrogens with two attached hydrogens (primary N) is 1. The molecular formula is C32H56NO9P. The summed E-state index contributed by atoms with van der Waals surface area (Å²) in [5.41, 5.74) is 5.30. The molecule has 0 rings (SSSR count). The van der Waals surface area contributed by atoms with Crippen LogP contribution in [0.2, 0.25) is 0 Å². The fourth-order valence-corrected chi connectivity index (χ4v) is 4.44. The van der Waals surface area contributed by atoms with E-state index in [1.165, 1.54) is 19.3 Å². The highest BCUT2D eigenvalue weighted by Crippen LogP contribution is 2.43. The van der Waals surface area contributed by atoms with Crippen molar-refractivity contribution in [2.45, 2.75) is 116 Å². The maximum absolute atomic E-state index is 12.4. The van der Waals surface area contributed by atoms with E-state index in [2.05, 4.69) is 67.0 Å². The molecule has 248 valence electrons. The molecule has 0 aromatic rings. The van der Waals surface area contributed by atoms with E-state index in [-0.39, 0.29) is 13.0 Å². The minimum absolute atomic E-state index is 0.0222. The average molecular weight is 630 g/mol. The molecular weight excluding hydrogens is 573 g/mol. The minimum atomic E-state index is -4.61. The highest BCUT2D eigenvalue weighted by atomic mass is 31.2. The summed E-state index contributed by atoms with van der Waals surface area (Å²) in [4.78, 5) is 33.0. The Morgan fingerprint density at radius 2 is 1.33 bits per heavy atom. The van der Waals surface area contributed by atoms with E-state index in [4.69, 9.17) is 24.8 Å². The molecule has 4 N–H and O–H groups in total. The third-order valence-corrected chi connectivity index (χ3v) is 7.07. The number of aliphatic carboxylic acids is 1. The first-order valence-electron chi connectivity index (χ1n) is 15.7. The SMILES string of the molecule is CC/C=C\C/C=C\C/C=C\C/C=C\CCCOCC(COP(=O)(O)OCC(N)C(=O)O)OC(=O)CCCCCCCCC. The molecule has 0 saturated heterocycles. The minimum Gasteiger partial charge on any atom is -0.480 e. The van der Waals surface area contributed by atoms with Crippen LogP contribution in [0.25, 0.3) is 0 Å². The summed E-state index contributed by atoms with van der Waals surface area (Å²) in [5.74, 6) is -1.82. The van der Waals surface area contributed by atoms with Gasteiger partial charge in [0.15, 0.2) is 0 Å². The highest BCUT2D eigenvalue weighted by Gasteiger charge is 2.27. The number of carbonyl (C=O) groups excluding carboxylic acids is 1. The van der Waals surface area contributed by atoms with Crippen LogP contribution >= 0.6 is 7.82 Å². The molecule has 3 unspecified atom stereocenters. The Bertz CT molecular complexity index is 873. The lowest BCUT2D eigenvalue weighted by Crippen LogP contribution is -2.34. The monoisotopic (exact) mass is 629 g/mol. The second-order valence-electron chi connectivity index (χ2n) is 10.2. The predicted molar refractivity (Wildman–Crippen MR) is 171 cm³/mol. The maximum Gasteiger partial charge on any atom is 0.472 e. The Morgan fingerprint density at radius 1 is 0.767 bits per heavy atom. The molecule has 0 spiro atoms. The number of carbonyl (C=O) groups is 2. The van der Waals surface area contributed by atoms with Gasteiger partial charge in [-0.25, -0.2) is 4.57 Å². The lowest BCUT2D eigenvalue weighted by molar-refractivity contribution is -0.154. The zero-order valence-electron chi connectivity index (χ0n) is 26.3. The number of rotatable bonds is 29. The molecule has 0 saturated carbocycles. The Hall–Kier alpha value is -2.07. The highest BCUT2D eigenvalue weighted by molar-refractivity contribution is 7.47. The Labute approximate surface area is 259 Å². The molecule has 0 aromatic heterocycles. The van der Waals surface area contributed by atoms with Crippen LogP contribution in [-0.4, -0.2) is 60.5 Å². The molecule has 43 heavy (non-hydrogen) atoms. The lowest BCUT2D eigenvalue weighted by atomic mass is 10.1. The van der Waals surface area contributed by atoms with Gasteiger partial charge in [-0.2, -0.15) is 0 Å². The van der Waals surface area contributed by atoms with Gasteiger partial charge < -0.3 is 25.2 Å². The molecule has 3 atom stereocenters. The number of hydrogen-bond donors (Lipinski definition) is 3. The van der Waals surface area contributed by atoms with Crippen molar-refractivity contribution in [3.8, 4) is 0 Å². The molecule has 0 fully saturated rings. The van der Waals surface area contributed by atoms with E-state index in [1.807, 2.05) is 0 Å². The van der Waals surface area contributed by atoms with E-state index in [1.54, 1.807) is 0 Å². The fourth-order valence-electron chi connectivity index (χ4n) is 3.66. The van der Waals surface area contributed by atoms with Crippen molar-refractivity contribution in [2.24, 2.45) is 5.73 Å². The largest absolute Gasteiger partial charge is 0.480 e. The van der Waals surface area contributed by atoms with Gasteiger partial charge in [-0.15, -0.1) is 0 Å². The molecule has 0 aliphatic heterocycles. The standard InChI is InChI=1S/C32H56NO9P/c1-3-5-7-9-11-12-13-14-15-16-17-19-21-23-25-39-26-29(27-40-43(37,38)41-28-30(33)32(35)36)42-31(34)24-22-20-18-10-8-6-4-2/h5,7,11-12,14-15,17,19,29-30H,3-4,6,8-10,13,16,18,20-28,33H2,1-2H3,(H,35,36)(H,37,38)/b7-5-,12-11-,15-14-,19-17-. The predicted octanol–water partition coefficient (Wildman–Crippen LogP) is 7.19. The van der Waals surface area contributed by atoms with Crippen LogP contribution in [-0.2, 0) is 32.7 Å². The fraction of sp³-hybridized carbons (Fsp3) is 0.688. The van der Waals surface area contributed by atoms with Crippen LogP contribution in [0.4, 0.5) is 0 Å². The van der Waals surface area contributed by atoms with Gasteiger partial charge in [0.25, 0.3) is 0 Å². The van der Waals surface area contributed by atoms with Crippen LogP contribution in [0.5, 0.6) is 0 Å². The van der Waals surface area contributed by atoms with Crippen molar-refractivity contribution in [3.05, 3.63) is 48.6 Å². The Kier molecular flexibility index (Phi) is 27.3. The van der Waals surface area contributed by atoms with Gasteiger partial charge in [0, 0.05) is 13.0 Å². The molecule has 0 aliphatic carbocycles. The van der Waals surface area contributed by atoms with E-state index < -0.39 is 45.1 Å². The van der Waals surface area contributed by atoms with Gasteiger partial charge >= 0.3 is 19.8 Å². The number of esters is 1. The molecule has 0 amide bonds. The molecule has 0 bridgehead atoms. The lowest BCUT2D eigenvalue weighted by Gasteiger charge is -2.20. The van der Waals surface area contributed by atoms with Gasteiger partial charge in [-0.1, -0.05) is 101 Å². The van der Waals surface area contributed by atoms with Crippen LogP contribution in [0.3, 0.4) is 0 Å². The number of phosphoric acid groups is 1. The van der Waals surface area contributed by atoms with Gasteiger partial charge in [0.05, 0.1) is 19.8 Å². The number of carboxylic acids is 1. The quantitative estimate of drug-likeness (QED) is 0.0335. The number of unbranched alkanes of at least 4 members (excludes halogenated alkanes) is 7. The summed E-state index contributed by atoms with van der Waals surface area (Å²) in [6.07, 6.45) is 29.2. The summed E-state index contributed by atoms with van der Waals surface area (Å²) in [6.45, 7) is 3.51. The first kappa shape index (κ1) is 40.9. The summed E-state index contributed by atoms with van der Waals surface area (Å²) >= 11 is 0. The Morgan fingerprint density at radius 3 is 1.93 bits per heavy atom. The topological polar surface area (TPSA) is 155 Å². The molecule has 10 nitrogen and oxygen atoms in total. The van der Waals surface area contributed by atoms with Crippen LogP contribution in [0.15, 0.2) is 48.6 Å². The van der Waals surface area contributed by atoms with Crippen LogP contribution < -0.4 is 5.73 Å². The summed E-state index contributed by atoms with van der Waals surface area (Å²) in [7, 11) is -4.61. The number of carboxylic acid groups (broad SMARTS) is 1. The van der Waals surface area contributed by atoms with Crippen molar-refractivity contribution in [1.29, 1.82) is 0 Å². The summed E-state index contributed by atoms with van der Waals surface area (Å²) in [5, 5.41) is 8.81. The zero-order chi connectivity index (χ0) is 32.0. The summed E-state index contributed by atoms with van der Waals surface area (Å²) in [6, 6.07) is -1.48. The van der Waals surface area contributed by atoms with Gasteiger partial charge in [0.1, 0.15) is 12.1 Å². The third-order valence-electron chi connectivity index (χ3n) is 6.12. The first-order valence-corrected chi connectivity index (χ1v) is 17.2. The smallest absolute Gasteiger partial charge is 0.472 e. The first-order chi connectivity index (χ1) is 20.7. The molecule has 0 aromatic carbocycles. The van der Waals surface area contributed by atoms with E-state index in [0.29, 0.717) is 13.0 Å². The van der Waals surface area contributed by atoms with Crippen molar-refractivity contribution >= 4 is 19.8 Å². The van der Waals surface area contributed by atoms with Crippen LogP contribution in [0.1, 0.15) is 104 Å². The molecule has 11 heteroatoms. The maximum atomic E-state index is 12.4. The summed E-state index contributed by atoms with van der Waals surface area (Å²) < 4.78 is 32.8. The number of allylic oxidation sites excluding steroid dienone is 8. The van der Waals surface area contributed by atoms with Gasteiger partial charge in [-0.05, 0) is 44.9 Å². The number of phosphoric ester groups is 1. The number of hydrogen-bond acceptors (Lipinski definition) is 8. The van der Waals surface area contributed by atoms with Crippen molar-refractivity contribution in [1.82, 2.24) is 0 Å². The zero-order valence-corrected chi connectivity index (χ0v) is 27.2. The Balaban J connectivity index is 4.47. The normalized spacial score (nSPS) is 15.1. The second kappa shape index (κ2) is 28.7. The van der Waals surface area contributed by atoms with E-state index in [0.717, 1.165) is 57.8 Å². The third kappa shape index (κ3) is 28.5. The van der Waals surface area contributed by atoms with Crippen LogP contribution in [0, 0.1) is 0 Å².